The molecule has 0 bridgehead atoms. The zero-order valence-electron chi connectivity index (χ0n) is 4.39. The minimum Gasteiger partial charge on any atom is -0.188 e. The first-order valence-electron chi connectivity index (χ1n) is 1.94. The topological polar surface area (TPSA) is 0 Å². The van der Waals surface area contributed by atoms with E-state index in [1.165, 1.54) is 0 Å². The van der Waals surface area contributed by atoms with Gasteiger partial charge in [0.2, 0.25) is 0 Å². The van der Waals surface area contributed by atoms with Crippen molar-refractivity contribution >= 4 is 15.9 Å². The maximum Gasteiger partial charge on any atom is 0.327 e. The summed E-state index contributed by atoms with van der Waals surface area (Å²) < 4.78 is 46.1. The third kappa shape index (κ3) is 2.84. The number of rotatable bonds is 1. The summed E-state index contributed by atoms with van der Waals surface area (Å²) in [7, 11) is 0. The molecular weight excluding hydrogens is 204 g/mol. The second kappa shape index (κ2) is 2.68. The predicted octanol–water partition coefficient (Wildman–Crippen LogP) is 3.14. The van der Waals surface area contributed by atoms with Crippen molar-refractivity contribution in [2.24, 2.45) is 0 Å². The van der Waals surface area contributed by atoms with E-state index in [0.717, 1.165) is 0 Å². The zero-order valence-corrected chi connectivity index (χ0v) is 5.98. The molecule has 5 heteroatoms. The van der Waals surface area contributed by atoms with Crippen LogP contribution in [-0.4, -0.2) is 4.83 Å². The molecule has 0 aromatic rings. The van der Waals surface area contributed by atoms with Crippen LogP contribution in [0, 0.1) is 0 Å². The highest BCUT2D eigenvalue weighted by Gasteiger charge is 2.30. The van der Waals surface area contributed by atoms with Crippen LogP contribution in [0.3, 0.4) is 0 Å². The predicted molar refractivity (Wildman–Crippen MR) is 28.8 cm³/mol. The maximum absolute atomic E-state index is 11.7. The minimum atomic E-state index is -3.58. The van der Waals surface area contributed by atoms with Crippen LogP contribution < -0.4 is 0 Å². The number of halogens is 5. The Morgan fingerprint density at radius 1 is 1.33 bits per heavy atom. The van der Waals surface area contributed by atoms with Crippen molar-refractivity contribution in [3.63, 3.8) is 0 Å². The molecule has 0 atom stereocenters. The first-order chi connectivity index (χ1) is 3.85. The van der Waals surface area contributed by atoms with Gasteiger partial charge in [-0.05, 0) is 22.9 Å². The Hall–Kier alpha value is -0.0600. The van der Waals surface area contributed by atoms with Crippen LogP contribution in [0.2, 0.25) is 0 Å². The van der Waals surface area contributed by atoms with E-state index in [1.807, 2.05) is 0 Å². The second-order valence-corrected chi connectivity index (χ2v) is 2.38. The standard InChI is InChI=1S/C4H3BrF4/c1-2(3(6)7)4(5,8)9/h1H3. The third-order valence-corrected chi connectivity index (χ3v) is 1.30. The van der Waals surface area contributed by atoms with Crippen LogP contribution in [0.25, 0.3) is 0 Å². The van der Waals surface area contributed by atoms with Gasteiger partial charge in [0.25, 0.3) is 6.08 Å². The first-order valence-corrected chi connectivity index (χ1v) is 2.74. The fraction of sp³-hybridized carbons (Fsp3) is 0.500. The van der Waals surface area contributed by atoms with Crippen molar-refractivity contribution in [3.05, 3.63) is 11.7 Å². The molecule has 0 aliphatic carbocycles. The highest BCUT2D eigenvalue weighted by molar-refractivity contribution is 9.10. The Labute approximate surface area is 57.7 Å². The molecule has 0 radical (unpaired) electrons. The minimum absolute atomic E-state index is 0.657. The summed E-state index contributed by atoms with van der Waals surface area (Å²) in [5.41, 5.74) is -1.25. The first kappa shape index (κ1) is 8.94. The summed E-state index contributed by atoms with van der Waals surface area (Å²) in [5, 5.41) is 0. The van der Waals surface area contributed by atoms with Gasteiger partial charge in [0, 0.05) is 0 Å². The molecular formula is C4H3BrF4. The monoisotopic (exact) mass is 206 g/mol. The van der Waals surface area contributed by atoms with Gasteiger partial charge in [0.15, 0.2) is 0 Å². The van der Waals surface area contributed by atoms with E-state index in [4.69, 9.17) is 0 Å². The van der Waals surface area contributed by atoms with Gasteiger partial charge >= 0.3 is 4.83 Å². The Bertz CT molecular complexity index is 130. The summed E-state index contributed by atoms with van der Waals surface area (Å²) in [6, 6.07) is 0. The third-order valence-electron chi connectivity index (χ3n) is 0.709. The molecule has 0 aliphatic rings. The molecule has 0 N–H and O–H groups in total. The van der Waals surface area contributed by atoms with E-state index >= 15 is 0 Å². The number of hydrogen-bond acceptors (Lipinski definition) is 0. The lowest BCUT2D eigenvalue weighted by atomic mass is 10.4. The molecule has 0 heterocycles. The quantitative estimate of drug-likeness (QED) is 0.457. The average Bonchev–Trinajstić information content (AvgIpc) is 1.62. The van der Waals surface area contributed by atoms with Gasteiger partial charge in [-0.3, -0.25) is 0 Å². The highest BCUT2D eigenvalue weighted by atomic mass is 79.9. The largest absolute Gasteiger partial charge is 0.327 e. The summed E-state index contributed by atoms with van der Waals surface area (Å²) >= 11 is 1.77. The van der Waals surface area contributed by atoms with Crippen LogP contribution in [0.15, 0.2) is 11.7 Å². The molecule has 0 saturated carbocycles. The average molecular weight is 207 g/mol. The SMILES string of the molecule is CC(=C(F)F)C(F)(F)Br. The van der Waals surface area contributed by atoms with E-state index in [1.54, 1.807) is 15.9 Å². The van der Waals surface area contributed by atoms with E-state index < -0.39 is 16.5 Å². The van der Waals surface area contributed by atoms with Crippen LogP contribution in [0.5, 0.6) is 0 Å². The van der Waals surface area contributed by atoms with Crippen molar-refractivity contribution in [3.8, 4) is 0 Å². The normalized spacial score (nSPS) is 11.3. The summed E-state index contributed by atoms with van der Waals surface area (Å²) in [5.74, 6) is 0. The van der Waals surface area contributed by atoms with E-state index in [2.05, 4.69) is 0 Å². The molecule has 0 fully saturated rings. The lowest BCUT2D eigenvalue weighted by Crippen LogP contribution is -2.06. The van der Waals surface area contributed by atoms with Gasteiger partial charge in [-0.25, -0.2) is 0 Å². The van der Waals surface area contributed by atoms with E-state index in [0.29, 0.717) is 6.92 Å². The van der Waals surface area contributed by atoms with Crippen LogP contribution >= 0.6 is 15.9 Å². The number of allylic oxidation sites excluding steroid dienone is 1. The van der Waals surface area contributed by atoms with Gasteiger partial charge < -0.3 is 0 Å². The lowest BCUT2D eigenvalue weighted by Gasteiger charge is -2.05. The molecule has 0 nitrogen and oxygen atoms in total. The number of alkyl halides is 3. The Morgan fingerprint density at radius 2 is 1.67 bits per heavy atom. The van der Waals surface area contributed by atoms with Crippen molar-refractivity contribution < 1.29 is 17.6 Å². The molecule has 0 saturated heterocycles. The summed E-state index contributed by atoms with van der Waals surface area (Å²) in [6.45, 7) is 0.657. The summed E-state index contributed by atoms with van der Waals surface area (Å²) in [4.78, 5) is -3.58. The van der Waals surface area contributed by atoms with Crippen molar-refractivity contribution in [2.45, 2.75) is 11.8 Å². The highest BCUT2D eigenvalue weighted by Crippen LogP contribution is 2.33. The Morgan fingerprint density at radius 3 is 1.67 bits per heavy atom. The number of hydrogen-bond donors (Lipinski definition) is 0. The molecule has 0 spiro atoms. The van der Waals surface area contributed by atoms with Gasteiger partial charge in [-0.2, -0.15) is 17.6 Å². The van der Waals surface area contributed by atoms with Crippen molar-refractivity contribution in [2.75, 3.05) is 0 Å². The molecule has 0 amide bonds. The second-order valence-electron chi connectivity index (χ2n) is 1.38. The summed E-state index contributed by atoms with van der Waals surface area (Å²) in [6.07, 6.45) is -2.35. The fourth-order valence-electron chi connectivity index (χ4n) is 0.107. The van der Waals surface area contributed by atoms with Crippen LogP contribution in [-0.2, 0) is 0 Å². The van der Waals surface area contributed by atoms with Gasteiger partial charge in [0.1, 0.15) is 0 Å². The lowest BCUT2D eigenvalue weighted by molar-refractivity contribution is 0.148. The molecule has 54 valence electrons. The zero-order chi connectivity index (χ0) is 7.65. The van der Waals surface area contributed by atoms with Crippen molar-refractivity contribution in [1.82, 2.24) is 0 Å². The van der Waals surface area contributed by atoms with Gasteiger partial charge in [-0.1, -0.05) is 0 Å². The van der Waals surface area contributed by atoms with E-state index in [9.17, 15) is 17.6 Å². The molecule has 0 rings (SSSR count). The smallest absolute Gasteiger partial charge is 0.188 e. The van der Waals surface area contributed by atoms with E-state index in [-0.39, 0.29) is 0 Å². The molecule has 0 aromatic heterocycles. The fourth-order valence-corrected chi connectivity index (χ4v) is 0.257. The Kier molecular flexibility index (Phi) is 2.66. The molecule has 0 aromatic carbocycles. The van der Waals surface area contributed by atoms with Crippen molar-refractivity contribution in [1.29, 1.82) is 0 Å². The Balaban J connectivity index is 4.40. The molecule has 9 heavy (non-hydrogen) atoms. The maximum atomic E-state index is 11.7. The molecule has 0 aliphatic heterocycles. The molecule has 0 unspecified atom stereocenters. The van der Waals surface area contributed by atoms with Gasteiger partial charge in [0.05, 0.1) is 5.57 Å². The van der Waals surface area contributed by atoms with Crippen LogP contribution in [0.1, 0.15) is 6.92 Å². The van der Waals surface area contributed by atoms with Gasteiger partial charge in [-0.15, -0.1) is 0 Å². The van der Waals surface area contributed by atoms with Crippen LogP contribution in [0.4, 0.5) is 17.6 Å².